The summed E-state index contributed by atoms with van der Waals surface area (Å²) in [4.78, 5) is 41.4. The van der Waals surface area contributed by atoms with E-state index in [0.717, 1.165) is 4.90 Å². The molecule has 2 aromatic carbocycles. The highest BCUT2D eigenvalue weighted by Crippen LogP contribution is 2.52. The van der Waals surface area contributed by atoms with Crippen LogP contribution in [0.15, 0.2) is 53.7 Å². The Kier molecular flexibility index (Phi) is 7.14. The number of Topliss-reactive ketones (excluding diaryl/α,β-unsaturated/α-hetero) is 1. The molecule has 2 aliphatic rings. The Balaban J connectivity index is 1.83. The summed E-state index contributed by atoms with van der Waals surface area (Å²) >= 11 is 0. The number of nitrogens with zero attached hydrogens (tertiary/aromatic N) is 1. The molecule has 0 radical (unpaired) electrons. The highest BCUT2D eigenvalue weighted by molar-refractivity contribution is 6.14. The van der Waals surface area contributed by atoms with E-state index >= 15 is 13.2 Å². The molecule has 0 bridgehead atoms. The molecule has 0 saturated heterocycles. The van der Waals surface area contributed by atoms with Gasteiger partial charge in [0.1, 0.15) is 5.75 Å². The van der Waals surface area contributed by atoms with Gasteiger partial charge in [0, 0.05) is 17.7 Å². The third-order valence-electron chi connectivity index (χ3n) is 6.99. The van der Waals surface area contributed by atoms with Crippen LogP contribution in [-0.2, 0) is 16.1 Å². The normalized spacial score (nSPS) is 20.6. The average molecular weight is 547 g/mol. The molecule has 208 valence electrons. The zero-order valence-electron chi connectivity index (χ0n) is 22.2. The number of hydrogen-bond donors (Lipinski definition) is 1. The molecule has 1 heterocycles. The molecular weight excluding hydrogens is 517 g/mol. The SMILES string of the molecule is COc1ccc(CN2C(=O)C(NC(=O)c3ccc(OC)c(OC)c3)(C(F)(F)F)C3=C2CC(C)(C)CC3=O)cc1. The van der Waals surface area contributed by atoms with Crippen molar-refractivity contribution in [2.45, 2.75) is 44.9 Å². The second kappa shape index (κ2) is 9.94. The minimum absolute atomic E-state index is 0.0398. The Morgan fingerprint density at radius 3 is 2.15 bits per heavy atom. The fraction of sp³-hybridized carbons (Fsp3) is 0.393. The maximum atomic E-state index is 15.0. The van der Waals surface area contributed by atoms with Crippen molar-refractivity contribution < 1.29 is 41.8 Å². The number of ether oxygens (including phenoxy) is 3. The first-order valence-corrected chi connectivity index (χ1v) is 12.1. The van der Waals surface area contributed by atoms with Crippen molar-refractivity contribution in [3.8, 4) is 17.2 Å². The van der Waals surface area contributed by atoms with Crippen LogP contribution in [0.1, 0.15) is 42.6 Å². The van der Waals surface area contributed by atoms with Crippen molar-refractivity contribution in [2.24, 2.45) is 5.41 Å². The fourth-order valence-corrected chi connectivity index (χ4v) is 5.13. The van der Waals surface area contributed by atoms with E-state index in [2.05, 4.69) is 0 Å². The Morgan fingerprint density at radius 1 is 0.949 bits per heavy atom. The van der Waals surface area contributed by atoms with E-state index in [0.29, 0.717) is 11.3 Å². The number of ketones is 1. The minimum atomic E-state index is -5.32. The van der Waals surface area contributed by atoms with Gasteiger partial charge in [-0.2, -0.15) is 13.2 Å². The lowest BCUT2D eigenvalue weighted by Crippen LogP contribution is -2.66. The van der Waals surface area contributed by atoms with E-state index in [4.69, 9.17) is 14.2 Å². The first-order valence-electron chi connectivity index (χ1n) is 12.1. The van der Waals surface area contributed by atoms with Crippen molar-refractivity contribution >= 4 is 17.6 Å². The van der Waals surface area contributed by atoms with E-state index in [9.17, 15) is 14.4 Å². The summed E-state index contributed by atoms with van der Waals surface area (Å²) in [7, 11) is 4.16. The van der Waals surface area contributed by atoms with Gasteiger partial charge in [-0.05, 0) is 47.7 Å². The van der Waals surface area contributed by atoms with Crippen LogP contribution >= 0.6 is 0 Å². The third kappa shape index (κ3) is 4.81. The van der Waals surface area contributed by atoms with Crippen LogP contribution in [0.5, 0.6) is 17.2 Å². The Labute approximate surface area is 223 Å². The molecule has 1 unspecified atom stereocenters. The average Bonchev–Trinajstić information content (AvgIpc) is 3.11. The number of methoxy groups -OCH3 is 3. The molecule has 11 heteroatoms. The second-order valence-electron chi connectivity index (χ2n) is 10.3. The molecule has 0 aromatic heterocycles. The number of carbonyl (C=O) groups is 3. The van der Waals surface area contributed by atoms with Gasteiger partial charge in [-0.3, -0.25) is 14.4 Å². The third-order valence-corrected chi connectivity index (χ3v) is 6.99. The summed E-state index contributed by atoms with van der Waals surface area (Å²) < 4.78 is 60.6. The zero-order chi connectivity index (χ0) is 28.8. The van der Waals surface area contributed by atoms with Gasteiger partial charge in [-0.1, -0.05) is 26.0 Å². The van der Waals surface area contributed by atoms with Crippen molar-refractivity contribution in [1.82, 2.24) is 10.2 Å². The van der Waals surface area contributed by atoms with Crippen molar-refractivity contribution in [1.29, 1.82) is 0 Å². The number of nitrogens with one attached hydrogen (secondary N) is 1. The predicted molar refractivity (Wildman–Crippen MR) is 134 cm³/mol. The summed E-state index contributed by atoms with van der Waals surface area (Å²) in [6.07, 6.45) is -5.48. The van der Waals surface area contributed by atoms with E-state index in [1.54, 1.807) is 38.1 Å². The number of allylic oxidation sites excluding steroid dienone is 1. The number of hydrogen-bond acceptors (Lipinski definition) is 6. The molecule has 1 aliphatic carbocycles. The Hall–Kier alpha value is -4.02. The summed E-state index contributed by atoms with van der Waals surface area (Å²) in [6.45, 7) is 3.27. The first-order chi connectivity index (χ1) is 18.3. The second-order valence-corrected chi connectivity index (χ2v) is 10.3. The van der Waals surface area contributed by atoms with Gasteiger partial charge in [-0.25, -0.2) is 0 Å². The van der Waals surface area contributed by atoms with Crippen LogP contribution in [0.3, 0.4) is 0 Å². The van der Waals surface area contributed by atoms with Gasteiger partial charge in [0.05, 0.1) is 33.4 Å². The molecule has 1 N–H and O–H groups in total. The number of rotatable bonds is 7. The maximum absolute atomic E-state index is 15.0. The highest BCUT2D eigenvalue weighted by atomic mass is 19.4. The van der Waals surface area contributed by atoms with E-state index in [-0.39, 0.29) is 42.1 Å². The largest absolute Gasteiger partial charge is 0.497 e. The molecule has 1 aliphatic heterocycles. The molecule has 0 spiro atoms. The number of carbonyl (C=O) groups excluding carboxylic acids is 3. The van der Waals surface area contributed by atoms with Gasteiger partial charge in [-0.15, -0.1) is 0 Å². The van der Waals surface area contributed by atoms with Gasteiger partial charge >= 0.3 is 6.18 Å². The molecule has 0 fully saturated rings. The van der Waals surface area contributed by atoms with Crippen LogP contribution < -0.4 is 19.5 Å². The number of amides is 2. The van der Waals surface area contributed by atoms with Crippen molar-refractivity contribution in [3.05, 3.63) is 64.9 Å². The molecule has 4 rings (SSSR count). The van der Waals surface area contributed by atoms with Gasteiger partial charge < -0.3 is 24.4 Å². The predicted octanol–water partition coefficient (Wildman–Crippen LogP) is 4.43. The lowest BCUT2D eigenvalue weighted by molar-refractivity contribution is -0.190. The molecule has 2 aromatic rings. The van der Waals surface area contributed by atoms with Gasteiger partial charge in [0.25, 0.3) is 11.8 Å². The summed E-state index contributed by atoms with van der Waals surface area (Å²) in [5, 5.41) is 1.93. The number of halogens is 3. The van der Waals surface area contributed by atoms with Crippen LogP contribution in [0.2, 0.25) is 0 Å². The molecular formula is C28H29F3N2O6. The maximum Gasteiger partial charge on any atom is 0.425 e. The highest BCUT2D eigenvalue weighted by Gasteiger charge is 2.71. The standard InChI is InChI=1S/C28H29F3N2O6/c1-26(2)13-19-23(20(34)14-26)27(28(29,30)31,25(36)33(19)15-16-6-9-18(37-3)10-7-16)32-24(35)17-8-11-21(38-4)22(12-17)39-5/h6-12H,13-15H2,1-5H3,(H,32,35). The topological polar surface area (TPSA) is 94.2 Å². The van der Waals surface area contributed by atoms with Gasteiger partial charge in [0.15, 0.2) is 17.3 Å². The number of alkyl halides is 3. The van der Waals surface area contributed by atoms with Crippen molar-refractivity contribution in [3.63, 3.8) is 0 Å². The molecule has 39 heavy (non-hydrogen) atoms. The summed E-state index contributed by atoms with van der Waals surface area (Å²) in [5.74, 6) is -2.56. The summed E-state index contributed by atoms with van der Waals surface area (Å²) in [6, 6.07) is 10.3. The Morgan fingerprint density at radius 2 is 1.59 bits per heavy atom. The molecule has 2 amide bonds. The Bertz CT molecular complexity index is 1350. The van der Waals surface area contributed by atoms with Crippen LogP contribution in [-0.4, -0.2) is 55.5 Å². The van der Waals surface area contributed by atoms with E-state index in [1.807, 2.05) is 5.32 Å². The minimum Gasteiger partial charge on any atom is -0.497 e. The fourth-order valence-electron chi connectivity index (χ4n) is 5.13. The number of benzene rings is 2. The molecule has 1 atom stereocenters. The van der Waals surface area contributed by atoms with Gasteiger partial charge in [0.2, 0.25) is 5.54 Å². The quantitative estimate of drug-likeness (QED) is 0.553. The van der Waals surface area contributed by atoms with Crippen LogP contribution in [0.4, 0.5) is 13.2 Å². The monoisotopic (exact) mass is 546 g/mol. The van der Waals surface area contributed by atoms with E-state index < -0.39 is 40.3 Å². The van der Waals surface area contributed by atoms with Crippen LogP contribution in [0, 0.1) is 5.41 Å². The zero-order valence-corrected chi connectivity index (χ0v) is 22.2. The molecule has 8 nitrogen and oxygen atoms in total. The van der Waals surface area contributed by atoms with Crippen LogP contribution in [0.25, 0.3) is 0 Å². The van der Waals surface area contributed by atoms with Crippen molar-refractivity contribution in [2.75, 3.05) is 21.3 Å². The molecule has 0 saturated carbocycles. The first kappa shape index (κ1) is 28.0. The lowest BCUT2D eigenvalue weighted by Gasteiger charge is -2.35. The van der Waals surface area contributed by atoms with E-state index in [1.165, 1.54) is 39.5 Å². The smallest absolute Gasteiger partial charge is 0.425 e. The summed E-state index contributed by atoms with van der Waals surface area (Å²) in [5.41, 5.74) is -4.70. The lowest BCUT2D eigenvalue weighted by atomic mass is 9.72.